The van der Waals surface area contributed by atoms with E-state index in [1.165, 1.54) is 0 Å². The van der Waals surface area contributed by atoms with E-state index in [1.54, 1.807) is 0 Å². The van der Waals surface area contributed by atoms with Crippen LogP contribution in [-0.2, 0) is 14.3 Å². The Hall–Kier alpha value is -1.06. The number of aldehydes is 1. The van der Waals surface area contributed by atoms with E-state index in [4.69, 9.17) is 21.1 Å². The topological polar surface area (TPSA) is 150 Å². The number of carbonyl (C=O) groups excluding carboxylic acids is 1. The van der Waals surface area contributed by atoms with E-state index in [2.05, 4.69) is 4.74 Å². The Kier molecular flexibility index (Phi) is 6.77. The van der Waals surface area contributed by atoms with Gasteiger partial charge in [-0.05, 0) is 0 Å². The first-order valence-corrected chi connectivity index (χ1v) is 4.45. The van der Waals surface area contributed by atoms with Gasteiger partial charge in [0.2, 0.25) is 0 Å². The fraction of sp³-hybridized carbons (Fsp3) is 0.750. The summed E-state index contributed by atoms with van der Waals surface area (Å²) in [5.74, 6) is -1.31. The van der Waals surface area contributed by atoms with Crippen LogP contribution in [0.25, 0.3) is 0 Å². The third kappa shape index (κ3) is 4.64. The van der Waals surface area contributed by atoms with Gasteiger partial charge in [0, 0.05) is 0 Å². The number of nitrogens with two attached hydrogens (primary N) is 1. The van der Waals surface area contributed by atoms with Crippen LogP contribution in [0.15, 0.2) is 0 Å². The minimum Gasteiger partial charge on any atom is -0.480 e. The average molecular weight is 237 g/mol. The molecule has 8 nitrogen and oxygen atoms in total. The number of hydrogen-bond donors (Lipinski definition) is 5. The summed E-state index contributed by atoms with van der Waals surface area (Å²) < 4.78 is 4.66. The van der Waals surface area contributed by atoms with E-state index in [0.29, 0.717) is 0 Å². The summed E-state index contributed by atoms with van der Waals surface area (Å²) in [6.45, 7) is -1.54. The van der Waals surface area contributed by atoms with Crippen molar-refractivity contribution >= 4 is 12.3 Å². The first-order valence-electron chi connectivity index (χ1n) is 4.45. The summed E-state index contributed by atoms with van der Waals surface area (Å²) in [6, 6.07) is -1.30. The zero-order chi connectivity index (χ0) is 12.7. The number of carboxylic acid groups (broad SMARTS) is 1. The third-order valence-corrected chi connectivity index (χ3v) is 1.85. The van der Waals surface area contributed by atoms with Gasteiger partial charge in [0.05, 0.1) is 12.6 Å². The summed E-state index contributed by atoms with van der Waals surface area (Å²) >= 11 is 0. The number of carboxylic acids is 1. The third-order valence-electron chi connectivity index (χ3n) is 1.85. The minimum atomic E-state index is -1.65. The van der Waals surface area contributed by atoms with E-state index in [0.717, 1.165) is 0 Å². The quantitative estimate of drug-likeness (QED) is 0.275. The molecule has 0 aromatic rings. The lowest BCUT2D eigenvalue weighted by molar-refractivity contribution is -0.154. The van der Waals surface area contributed by atoms with Gasteiger partial charge in [0.15, 0.2) is 0 Å². The van der Waals surface area contributed by atoms with Crippen molar-refractivity contribution in [2.24, 2.45) is 5.73 Å². The van der Waals surface area contributed by atoms with Crippen LogP contribution in [-0.4, -0.2) is 70.2 Å². The number of rotatable bonds is 8. The molecule has 4 atom stereocenters. The summed E-state index contributed by atoms with van der Waals surface area (Å²) in [5, 5.41) is 35.5. The SMILES string of the molecule is N[C@@H](C=O)[C@@H](OCC(=O)O)[C@H](O)[C@H](O)CO. The predicted molar refractivity (Wildman–Crippen MR) is 50.5 cm³/mol. The normalized spacial score (nSPS) is 18.5. The molecule has 0 saturated carbocycles. The van der Waals surface area contributed by atoms with E-state index >= 15 is 0 Å². The molecule has 0 radical (unpaired) electrons. The highest BCUT2D eigenvalue weighted by Gasteiger charge is 2.32. The van der Waals surface area contributed by atoms with Crippen LogP contribution in [0.3, 0.4) is 0 Å². The van der Waals surface area contributed by atoms with Crippen LogP contribution in [0.5, 0.6) is 0 Å². The average Bonchev–Trinajstić information content (AvgIpc) is 2.26. The number of aliphatic hydroxyl groups excluding tert-OH is 3. The smallest absolute Gasteiger partial charge is 0.329 e. The lowest BCUT2D eigenvalue weighted by Crippen LogP contribution is -2.52. The minimum absolute atomic E-state index is 0.250. The molecule has 8 heteroatoms. The van der Waals surface area contributed by atoms with Crippen LogP contribution in [0.1, 0.15) is 0 Å². The lowest BCUT2D eigenvalue weighted by Gasteiger charge is -2.27. The number of hydrogen-bond acceptors (Lipinski definition) is 7. The van der Waals surface area contributed by atoms with Crippen molar-refractivity contribution in [1.82, 2.24) is 0 Å². The van der Waals surface area contributed by atoms with Gasteiger partial charge in [-0.15, -0.1) is 0 Å². The number of aliphatic carboxylic acids is 1. The van der Waals surface area contributed by atoms with Crippen LogP contribution in [0, 0.1) is 0 Å². The van der Waals surface area contributed by atoms with Crippen molar-refractivity contribution in [2.45, 2.75) is 24.4 Å². The van der Waals surface area contributed by atoms with Crippen molar-refractivity contribution in [2.75, 3.05) is 13.2 Å². The van der Waals surface area contributed by atoms with Gasteiger partial charge in [-0.2, -0.15) is 0 Å². The molecule has 16 heavy (non-hydrogen) atoms. The molecule has 0 heterocycles. The molecule has 0 unspecified atom stereocenters. The fourth-order valence-corrected chi connectivity index (χ4v) is 1.01. The van der Waals surface area contributed by atoms with Crippen LogP contribution < -0.4 is 5.73 Å². The van der Waals surface area contributed by atoms with Crippen molar-refractivity contribution in [3.63, 3.8) is 0 Å². The van der Waals surface area contributed by atoms with E-state index in [1.807, 2.05) is 0 Å². The Balaban J connectivity index is 4.52. The fourth-order valence-electron chi connectivity index (χ4n) is 1.01. The standard InChI is InChI=1S/C8H15NO7/c9-4(1-10)8(16-3-6(13)14)7(15)5(12)2-11/h1,4-5,7-8,11-12,15H,2-3,9H2,(H,13,14)/t4-,5+,7+,8+/m0/s1. The molecule has 0 aliphatic carbocycles. The van der Waals surface area contributed by atoms with E-state index in [-0.39, 0.29) is 6.29 Å². The van der Waals surface area contributed by atoms with Crippen LogP contribution in [0.2, 0.25) is 0 Å². The maximum atomic E-state index is 10.4. The molecular weight excluding hydrogens is 222 g/mol. The van der Waals surface area contributed by atoms with E-state index < -0.39 is 43.5 Å². The van der Waals surface area contributed by atoms with Crippen LogP contribution in [0.4, 0.5) is 0 Å². The molecule has 0 aliphatic heterocycles. The van der Waals surface area contributed by atoms with E-state index in [9.17, 15) is 14.7 Å². The highest BCUT2D eigenvalue weighted by atomic mass is 16.5. The second-order valence-electron chi connectivity index (χ2n) is 3.12. The Bertz CT molecular complexity index is 234. The molecule has 0 aromatic carbocycles. The summed E-state index contributed by atoms with van der Waals surface area (Å²) in [7, 11) is 0. The molecule has 0 aromatic heterocycles. The maximum Gasteiger partial charge on any atom is 0.329 e. The number of aliphatic hydroxyl groups is 3. The van der Waals surface area contributed by atoms with Crippen molar-refractivity contribution in [3.8, 4) is 0 Å². The first-order chi connectivity index (χ1) is 7.43. The molecule has 0 amide bonds. The zero-order valence-corrected chi connectivity index (χ0v) is 8.39. The second kappa shape index (κ2) is 7.25. The van der Waals surface area contributed by atoms with Gasteiger partial charge in [0.25, 0.3) is 0 Å². The molecule has 0 rings (SSSR count). The number of ether oxygens (including phenoxy) is 1. The predicted octanol–water partition coefficient (Wildman–Crippen LogP) is -3.30. The molecule has 0 saturated heterocycles. The monoisotopic (exact) mass is 237 g/mol. The Labute approximate surface area is 91.2 Å². The van der Waals surface area contributed by atoms with Gasteiger partial charge >= 0.3 is 5.97 Å². The van der Waals surface area contributed by atoms with Crippen molar-refractivity contribution < 1.29 is 34.8 Å². The summed E-state index contributed by atoms with van der Waals surface area (Å²) in [6.07, 6.45) is -4.36. The van der Waals surface area contributed by atoms with Crippen molar-refractivity contribution in [1.29, 1.82) is 0 Å². The first kappa shape index (κ1) is 14.9. The Morgan fingerprint density at radius 1 is 1.44 bits per heavy atom. The maximum absolute atomic E-state index is 10.4. The second-order valence-corrected chi connectivity index (χ2v) is 3.12. The zero-order valence-electron chi connectivity index (χ0n) is 8.39. The Morgan fingerprint density at radius 3 is 2.38 bits per heavy atom. The van der Waals surface area contributed by atoms with Crippen LogP contribution >= 0.6 is 0 Å². The molecule has 0 spiro atoms. The molecule has 0 bridgehead atoms. The van der Waals surface area contributed by atoms with Gasteiger partial charge in [0.1, 0.15) is 31.2 Å². The van der Waals surface area contributed by atoms with Gasteiger partial charge in [-0.3, -0.25) is 0 Å². The highest BCUT2D eigenvalue weighted by Crippen LogP contribution is 2.07. The molecule has 0 aliphatic rings. The Morgan fingerprint density at radius 2 is 2.00 bits per heavy atom. The molecule has 0 fully saturated rings. The number of carbonyl (C=O) groups is 2. The van der Waals surface area contributed by atoms with Crippen molar-refractivity contribution in [3.05, 3.63) is 0 Å². The molecule has 6 N–H and O–H groups in total. The lowest BCUT2D eigenvalue weighted by atomic mass is 10.0. The molecular formula is C8H15NO7. The largest absolute Gasteiger partial charge is 0.480 e. The van der Waals surface area contributed by atoms with Gasteiger partial charge in [-0.1, -0.05) is 0 Å². The van der Waals surface area contributed by atoms with Gasteiger partial charge in [-0.25, -0.2) is 4.79 Å². The summed E-state index contributed by atoms with van der Waals surface area (Å²) in [5.41, 5.74) is 5.26. The highest BCUT2D eigenvalue weighted by molar-refractivity contribution is 5.68. The molecule has 94 valence electrons. The summed E-state index contributed by atoms with van der Waals surface area (Å²) in [4.78, 5) is 20.6. The van der Waals surface area contributed by atoms with Gasteiger partial charge < -0.3 is 35.7 Å².